The second kappa shape index (κ2) is 4.58. The van der Waals surface area contributed by atoms with Gasteiger partial charge in [-0.25, -0.2) is 0 Å². The molecule has 0 aliphatic rings. The summed E-state index contributed by atoms with van der Waals surface area (Å²) in [5, 5.41) is 10.9. The monoisotopic (exact) mass is 235 g/mol. The highest BCUT2D eigenvalue weighted by molar-refractivity contribution is 6.33. The number of rotatable bonds is 3. The first-order valence-electron chi connectivity index (χ1n) is 5.19. The van der Waals surface area contributed by atoms with Gasteiger partial charge in [-0.05, 0) is 37.6 Å². The van der Waals surface area contributed by atoms with Crippen LogP contribution in [0.2, 0.25) is 5.02 Å². The lowest BCUT2D eigenvalue weighted by atomic mass is 10.2. The van der Waals surface area contributed by atoms with Crippen molar-refractivity contribution in [2.75, 3.05) is 5.32 Å². The Morgan fingerprint density at radius 1 is 1.38 bits per heavy atom. The lowest BCUT2D eigenvalue weighted by molar-refractivity contribution is 0.825. The van der Waals surface area contributed by atoms with Gasteiger partial charge >= 0.3 is 0 Å². The average Bonchev–Trinajstić information content (AvgIpc) is 2.76. The van der Waals surface area contributed by atoms with Crippen LogP contribution < -0.4 is 5.32 Å². The Hall–Kier alpha value is -1.48. The number of H-pyrrole nitrogens is 1. The molecule has 0 saturated carbocycles. The summed E-state index contributed by atoms with van der Waals surface area (Å²) < 4.78 is 0. The normalized spacial score (nSPS) is 12.4. The molecule has 1 unspecified atom stereocenters. The third-order valence-corrected chi connectivity index (χ3v) is 2.81. The minimum Gasteiger partial charge on any atom is -0.376 e. The highest BCUT2D eigenvalue weighted by atomic mass is 35.5. The van der Waals surface area contributed by atoms with E-state index in [1.54, 1.807) is 6.20 Å². The summed E-state index contributed by atoms with van der Waals surface area (Å²) in [6.07, 6.45) is 1.74. The molecular weight excluding hydrogens is 222 g/mol. The lowest BCUT2D eigenvalue weighted by Gasteiger charge is -2.15. The van der Waals surface area contributed by atoms with Gasteiger partial charge in [0.1, 0.15) is 0 Å². The summed E-state index contributed by atoms with van der Waals surface area (Å²) in [5.74, 6) is 0. The Morgan fingerprint density at radius 3 is 2.88 bits per heavy atom. The number of aryl methyl sites for hydroxylation is 1. The Bertz CT molecular complexity index is 465. The summed E-state index contributed by atoms with van der Waals surface area (Å²) >= 11 is 6.11. The Kier molecular flexibility index (Phi) is 3.15. The fraction of sp³-hybridized carbons (Fsp3) is 0.250. The van der Waals surface area contributed by atoms with Crippen LogP contribution in [0.4, 0.5) is 5.69 Å². The quantitative estimate of drug-likeness (QED) is 0.854. The molecule has 3 nitrogen and oxygen atoms in total. The molecule has 1 atom stereocenters. The molecule has 84 valence electrons. The van der Waals surface area contributed by atoms with Crippen LogP contribution in [0.1, 0.15) is 24.2 Å². The zero-order valence-corrected chi connectivity index (χ0v) is 10.0. The standard InChI is InChI=1S/C12H14ClN3/c1-8-3-4-10(13)12(7-8)15-9(2)11-5-6-14-16-11/h3-7,9,15H,1-2H3,(H,14,16). The van der Waals surface area contributed by atoms with Crippen LogP contribution in [-0.2, 0) is 0 Å². The van der Waals surface area contributed by atoms with Gasteiger partial charge in [0, 0.05) is 6.20 Å². The van der Waals surface area contributed by atoms with Crippen molar-refractivity contribution in [3.8, 4) is 0 Å². The van der Waals surface area contributed by atoms with Gasteiger partial charge in [-0.15, -0.1) is 0 Å². The molecule has 0 bridgehead atoms. The molecule has 0 spiro atoms. The van der Waals surface area contributed by atoms with E-state index in [0.29, 0.717) is 0 Å². The average molecular weight is 236 g/mol. The van der Waals surface area contributed by atoms with Gasteiger partial charge in [0.15, 0.2) is 0 Å². The molecule has 1 aromatic heterocycles. The number of nitrogens with one attached hydrogen (secondary N) is 2. The van der Waals surface area contributed by atoms with Crippen LogP contribution in [0.5, 0.6) is 0 Å². The Morgan fingerprint density at radius 2 is 2.19 bits per heavy atom. The number of anilines is 1. The maximum Gasteiger partial charge on any atom is 0.0651 e. The zero-order chi connectivity index (χ0) is 11.5. The predicted molar refractivity (Wildman–Crippen MR) is 66.8 cm³/mol. The van der Waals surface area contributed by atoms with Gasteiger partial charge in [-0.2, -0.15) is 5.10 Å². The third kappa shape index (κ3) is 2.36. The predicted octanol–water partition coefficient (Wildman–Crippen LogP) is 3.54. The topological polar surface area (TPSA) is 40.7 Å². The van der Waals surface area contributed by atoms with Crippen LogP contribution in [0.25, 0.3) is 0 Å². The second-order valence-corrected chi connectivity index (χ2v) is 4.27. The minimum absolute atomic E-state index is 0.154. The molecule has 2 aromatic rings. The van der Waals surface area contributed by atoms with E-state index in [1.165, 1.54) is 5.56 Å². The first-order valence-corrected chi connectivity index (χ1v) is 5.56. The van der Waals surface area contributed by atoms with Gasteiger partial charge in [-0.1, -0.05) is 17.7 Å². The fourth-order valence-corrected chi connectivity index (χ4v) is 1.74. The number of hydrogen-bond donors (Lipinski definition) is 2. The molecule has 0 saturated heterocycles. The van der Waals surface area contributed by atoms with Crippen molar-refractivity contribution >= 4 is 17.3 Å². The smallest absolute Gasteiger partial charge is 0.0651 e. The maximum absolute atomic E-state index is 6.11. The number of aromatic nitrogens is 2. The fourth-order valence-electron chi connectivity index (χ4n) is 1.57. The van der Waals surface area contributed by atoms with E-state index in [4.69, 9.17) is 11.6 Å². The summed E-state index contributed by atoms with van der Waals surface area (Å²) in [6.45, 7) is 4.11. The molecule has 2 rings (SSSR count). The molecule has 0 fully saturated rings. The van der Waals surface area contributed by atoms with E-state index in [-0.39, 0.29) is 6.04 Å². The van der Waals surface area contributed by atoms with Crippen LogP contribution >= 0.6 is 11.6 Å². The van der Waals surface area contributed by atoms with Crippen LogP contribution in [-0.4, -0.2) is 10.2 Å². The highest BCUT2D eigenvalue weighted by Crippen LogP contribution is 2.26. The molecule has 0 radical (unpaired) electrons. The van der Waals surface area contributed by atoms with Crippen molar-refractivity contribution in [3.05, 3.63) is 46.7 Å². The summed E-state index contributed by atoms with van der Waals surface area (Å²) in [5.41, 5.74) is 3.17. The van der Waals surface area contributed by atoms with Crippen molar-refractivity contribution < 1.29 is 0 Å². The number of hydrogen-bond acceptors (Lipinski definition) is 2. The van der Waals surface area contributed by atoms with Gasteiger partial charge in [0.05, 0.1) is 22.4 Å². The van der Waals surface area contributed by atoms with Crippen LogP contribution in [0.15, 0.2) is 30.5 Å². The summed E-state index contributed by atoms with van der Waals surface area (Å²) in [4.78, 5) is 0. The molecular formula is C12H14ClN3. The number of halogens is 1. The number of nitrogens with zero attached hydrogens (tertiary/aromatic N) is 1. The van der Waals surface area contributed by atoms with E-state index in [0.717, 1.165) is 16.4 Å². The van der Waals surface area contributed by atoms with Gasteiger partial charge in [0.25, 0.3) is 0 Å². The number of benzene rings is 1. The van der Waals surface area contributed by atoms with E-state index >= 15 is 0 Å². The molecule has 1 aromatic carbocycles. The molecule has 1 heterocycles. The largest absolute Gasteiger partial charge is 0.376 e. The van der Waals surface area contributed by atoms with E-state index in [2.05, 4.69) is 22.4 Å². The highest BCUT2D eigenvalue weighted by Gasteiger charge is 2.08. The molecule has 0 amide bonds. The van der Waals surface area contributed by atoms with Crippen LogP contribution in [0, 0.1) is 6.92 Å². The summed E-state index contributed by atoms with van der Waals surface area (Å²) in [6, 6.07) is 8.03. The molecule has 2 N–H and O–H groups in total. The minimum atomic E-state index is 0.154. The van der Waals surface area contributed by atoms with Gasteiger partial charge in [0.2, 0.25) is 0 Å². The zero-order valence-electron chi connectivity index (χ0n) is 9.29. The van der Waals surface area contributed by atoms with E-state index in [9.17, 15) is 0 Å². The second-order valence-electron chi connectivity index (χ2n) is 3.86. The lowest BCUT2D eigenvalue weighted by Crippen LogP contribution is -2.07. The Balaban J connectivity index is 2.17. The Labute approximate surface area is 99.8 Å². The maximum atomic E-state index is 6.11. The van der Waals surface area contributed by atoms with Crippen molar-refractivity contribution in [3.63, 3.8) is 0 Å². The first-order chi connectivity index (χ1) is 7.66. The molecule has 4 heteroatoms. The summed E-state index contributed by atoms with van der Waals surface area (Å²) in [7, 11) is 0. The third-order valence-electron chi connectivity index (χ3n) is 2.48. The first kappa shape index (κ1) is 11.0. The molecule has 16 heavy (non-hydrogen) atoms. The van der Waals surface area contributed by atoms with Crippen molar-refractivity contribution in [2.45, 2.75) is 19.9 Å². The molecule has 0 aliphatic heterocycles. The SMILES string of the molecule is Cc1ccc(Cl)c(NC(C)c2ccn[nH]2)c1. The van der Waals surface area contributed by atoms with Crippen LogP contribution in [0.3, 0.4) is 0 Å². The number of aromatic amines is 1. The van der Waals surface area contributed by atoms with E-state index < -0.39 is 0 Å². The van der Waals surface area contributed by atoms with Gasteiger partial charge < -0.3 is 5.32 Å². The van der Waals surface area contributed by atoms with Gasteiger partial charge in [-0.3, -0.25) is 5.10 Å². The molecule has 0 aliphatic carbocycles. The van der Waals surface area contributed by atoms with Crippen molar-refractivity contribution in [1.82, 2.24) is 10.2 Å². The van der Waals surface area contributed by atoms with E-state index in [1.807, 2.05) is 31.2 Å². The van der Waals surface area contributed by atoms with Crippen molar-refractivity contribution in [1.29, 1.82) is 0 Å². The van der Waals surface area contributed by atoms with Crippen molar-refractivity contribution in [2.24, 2.45) is 0 Å².